The van der Waals surface area contributed by atoms with Crippen molar-refractivity contribution in [2.45, 2.75) is 44.6 Å². The molecule has 1 atom stereocenters. The number of hydrogen-bond donors (Lipinski definition) is 1. The highest BCUT2D eigenvalue weighted by atomic mass is 16.5. The minimum atomic E-state index is 0.0927. The molecule has 0 unspecified atom stereocenters. The van der Waals surface area contributed by atoms with Gasteiger partial charge in [-0.15, -0.1) is 0 Å². The molecule has 1 aromatic carbocycles. The highest BCUT2D eigenvalue weighted by Gasteiger charge is 2.20. The van der Waals surface area contributed by atoms with Crippen LogP contribution in [0.4, 0.5) is 0 Å². The van der Waals surface area contributed by atoms with E-state index in [1.807, 2.05) is 32.3 Å². The molecule has 0 radical (unpaired) electrons. The molecule has 5 heteroatoms. The van der Waals surface area contributed by atoms with E-state index in [0.717, 1.165) is 5.56 Å². The molecule has 1 amide bonds. The minimum absolute atomic E-state index is 0.0927. The van der Waals surface area contributed by atoms with Crippen LogP contribution in [0.5, 0.6) is 11.5 Å². The van der Waals surface area contributed by atoms with Gasteiger partial charge in [-0.05, 0) is 50.6 Å². The number of hydrogen-bond acceptors (Lipinski definition) is 4. The van der Waals surface area contributed by atoms with Gasteiger partial charge in [0.25, 0.3) is 0 Å². The summed E-state index contributed by atoms with van der Waals surface area (Å²) < 4.78 is 10.7. The number of benzene rings is 1. The number of carbonyl (C=O) groups is 1. The van der Waals surface area contributed by atoms with E-state index in [-0.39, 0.29) is 11.9 Å². The fourth-order valence-electron chi connectivity index (χ4n) is 3.59. The highest BCUT2D eigenvalue weighted by Crippen LogP contribution is 2.31. The Balaban J connectivity index is 1.97. The van der Waals surface area contributed by atoms with Crippen LogP contribution in [0.2, 0.25) is 0 Å². The van der Waals surface area contributed by atoms with E-state index in [2.05, 4.69) is 10.2 Å². The average Bonchev–Trinajstić information content (AvgIpc) is 2.62. The van der Waals surface area contributed by atoms with Crippen molar-refractivity contribution in [2.24, 2.45) is 5.92 Å². The summed E-state index contributed by atoms with van der Waals surface area (Å²) >= 11 is 0. The summed E-state index contributed by atoms with van der Waals surface area (Å²) in [6.07, 6.45) is 6.90. The predicted octanol–water partition coefficient (Wildman–Crippen LogP) is 3.39. The zero-order valence-corrected chi connectivity index (χ0v) is 16.0. The lowest BCUT2D eigenvalue weighted by atomic mass is 9.87. The first-order valence-electron chi connectivity index (χ1n) is 9.20. The minimum Gasteiger partial charge on any atom is -0.493 e. The molecule has 0 aliphatic heterocycles. The van der Waals surface area contributed by atoms with Gasteiger partial charge in [0, 0.05) is 13.0 Å². The predicted molar refractivity (Wildman–Crippen MR) is 100 cm³/mol. The molecule has 0 heterocycles. The van der Waals surface area contributed by atoms with Crippen molar-refractivity contribution in [1.29, 1.82) is 0 Å². The normalized spacial score (nSPS) is 16.5. The molecule has 1 saturated carbocycles. The van der Waals surface area contributed by atoms with Crippen molar-refractivity contribution in [3.63, 3.8) is 0 Å². The van der Waals surface area contributed by atoms with E-state index < -0.39 is 0 Å². The van der Waals surface area contributed by atoms with Gasteiger partial charge in [0.2, 0.25) is 5.91 Å². The van der Waals surface area contributed by atoms with Gasteiger partial charge in [0.05, 0.1) is 20.3 Å². The van der Waals surface area contributed by atoms with Crippen LogP contribution in [0.15, 0.2) is 18.2 Å². The van der Waals surface area contributed by atoms with Crippen LogP contribution in [-0.2, 0) is 4.79 Å². The van der Waals surface area contributed by atoms with Crippen LogP contribution in [0, 0.1) is 5.92 Å². The van der Waals surface area contributed by atoms with E-state index in [4.69, 9.17) is 9.47 Å². The number of methoxy groups -OCH3 is 2. The van der Waals surface area contributed by atoms with Gasteiger partial charge in [0.15, 0.2) is 11.5 Å². The molecule has 1 aromatic rings. The molecule has 0 spiro atoms. The Kier molecular flexibility index (Phi) is 7.56. The van der Waals surface area contributed by atoms with Crippen LogP contribution in [-0.4, -0.2) is 45.7 Å². The van der Waals surface area contributed by atoms with Gasteiger partial charge in [-0.25, -0.2) is 0 Å². The van der Waals surface area contributed by atoms with E-state index >= 15 is 0 Å². The molecule has 25 heavy (non-hydrogen) atoms. The van der Waals surface area contributed by atoms with Gasteiger partial charge in [-0.3, -0.25) is 4.79 Å². The SMILES string of the molecule is COc1ccc([C@H](CNC(=O)CC2CCCCC2)N(C)C)cc1OC. The largest absolute Gasteiger partial charge is 0.493 e. The van der Waals surface area contributed by atoms with E-state index in [1.165, 1.54) is 32.1 Å². The van der Waals surface area contributed by atoms with Gasteiger partial charge in [-0.2, -0.15) is 0 Å². The third-order valence-electron chi connectivity index (χ3n) is 5.11. The number of amides is 1. The summed E-state index contributed by atoms with van der Waals surface area (Å²) in [7, 11) is 7.31. The third-order valence-corrected chi connectivity index (χ3v) is 5.11. The number of likely N-dealkylation sites (N-methyl/N-ethyl adjacent to an activating group) is 1. The molecule has 0 bridgehead atoms. The molecule has 0 aromatic heterocycles. The smallest absolute Gasteiger partial charge is 0.220 e. The average molecular weight is 348 g/mol. The molecule has 1 N–H and O–H groups in total. The van der Waals surface area contributed by atoms with Crippen LogP contribution in [0.1, 0.15) is 50.1 Å². The summed E-state index contributed by atoms with van der Waals surface area (Å²) in [5, 5.41) is 3.12. The zero-order valence-electron chi connectivity index (χ0n) is 16.0. The number of carbonyl (C=O) groups excluding carboxylic acids is 1. The maximum atomic E-state index is 12.3. The molecule has 1 aliphatic carbocycles. The standard InChI is InChI=1S/C20H32N2O3/c1-22(2)17(16-10-11-18(24-3)19(13-16)25-4)14-21-20(23)12-15-8-6-5-7-9-15/h10-11,13,15,17H,5-9,12,14H2,1-4H3,(H,21,23)/t17-/m0/s1. The van der Waals surface area contributed by atoms with Crippen LogP contribution in [0.25, 0.3) is 0 Å². The third kappa shape index (κ3) is 5.63. The Morgan fingerprint density at radius 2 is 1.84 bits per heavy atom. The van der Waals surface area contributed by atoms with E-state index in [9.17, 15) is 4.79 Å². The summed E-state index contributed by atoms with van der Waals surface area (Å²) in [6.45, 7) is 0.591. The van der Waals surface area contributed by atoms with Crippen LogP contribution >= 0.6 is 0 Å². The van der Waals surface area contributed by atoms with Gasteiger partial charge < -0.3 is 19.7 Å². The fourth-order valence-corrected chi connectivity index (χ4v) is 3.59. The van der Waals surface area contributed by atoms with Crippen LogP contribution in [0.3, 0.4) is 0 Å². The Labute approximate surface area is 151 Å². The Morgan fingerprint density at radius 1 is 1.16 bits per heavy atom. The second kappa shape index (κ2) is 9.66. The first-order chi connectivity index (χ1) is 12.0. The van der Waals surface area contributed by atoms with Crippen molar-refractivity contribution in [3.05, 3.63) is 23.8 Å². The highest BCUT2D eigenvalue weighted by molar-refractivity contribution is 5.76. The Hall–Kier alpha value is -1.75. The maximum absolute atomic E-state index is 12.3. The second-order valence-electron chi connectivity index (χ2n) is 7.11. The maximum Gasteiger partial charge on any atom is 0.220 e. The van der Waals surface area contributed by atoms with Crippen molar-refractivity contribution in [2.75, 3.05) is 34.9 Å². The van der Waals surface area contributed by atoms with Crippen molar-refractivity contribution >= 4 is 5.91 Å². The molecule has 140 valence electrons. The molecule has 0 saturated heterocycles. The fraction of sp³-hybridized carbons (Fsp3) is 0.650. The summed E-state index contributed by atoms with van der Waals surface area (Å²) in [5.74, 6) is 2.15. The molecule has 1 aliphatic rings. The molecular weight excluding hydrogens is 316 g/mol. The first kappa shape index (κ1) is 19.6. The summed E-state index contributed by atoms with van der Waals surface area (Å²) in [6, 6.07) is 6.01. The number of nitrogens with zero attached hydrogens (tertiary/aromatic N) is 1. The molecular formula is C20H32N2O3. The quantitative estimate of drug-likeness (QED) is 0.782. The lowest BCUT2D eigenvalue weighted by molar-refractivity contribution is -0.122. The van der Waals surface area contributed by atoms with Crippen LogP contribution < -0.4 is 14.8 Å². The molecule has 2 rings (SSSR count). The summed E-state index contributed by atoms with van der Waals surface area (Å²) in [5.41, 5.74) is 1.10. The first-order valence-corrected chi connectivity index (χ1v) is 9.20. The Bertz CT molecular complexity index is 554. The van der Waals surface area contributed by atoms with Gasteiger partial charge in [0.1, 0.15) is 0 Å². The monoisotopic (exact) mass is 348 g/mol. The van der Waals surface area contributed by atoms with Gasteiger partial charge in [-0.1, -0.05) is 25.3 Å². The molecule has 1 fully saturated rings. The van der Waals surface area contributed by atoms with Gasteiger partial charge >= 0.3 is 0 Å². The van der Waals surface area contributed by atoms with E-state index in [1.54, 1.807) is 14.2 Å². The number of rotatable bonds is 8. The lowest BCUT2D eigenvalue weighted by Gasteiger charge is -2.26. The Morgan fingerprint density at radius 3 is 2.44 bits per heavy atom. The van der Waals surface area contributed by atoms with Crippen molar-refractivity contribution in [3.8, 4) is 11.5 Å². The topological polar surface area (TPSA) is 50.8 Å². The van der Waals surface area contributed by atoms with Crippen molar-refractivity contribution < 1.29 is 14.3 Å². The lowest BCUT2D eigenvalue weighted by Crippen LogP contribution is -2.35. The zero-order chi connectivity index (χ0) is 18.2. The summed E-state index contributed by atoms with van der Waals surface area (Å²) in [4.78, 5) is 14.4. The molecule has 5 nitrogen and oxygen atoms in total. The van der Waals surface area contributed by atoms with E-state index in [0.29, 0.717) is 30.4 Å². The number of nitrogens with one attached hydrogen (secondary N) is 1. The van der Waals surface area contributed by atoms with Crippen molar-refractivity contribution in [1.82, 2.24) is 10.2 Å². The second-order valence-corrected chi connectivity index (χ2v) is 7.11. The number of ether oxygens (including phenoxy) is 2.